The molecule has 32 heavy (non-hydrogen) atoms. The number of benzene rings is 2. The lowest BCUT2D eigenvalue weighted by Gasteiger charge is -2.32. The van der Waals surface area contributed by atoms with Crippen molar-refractivity contribution in [3.8, 4) is 0 Å². The normalized spacial score (nSPS) is 20.6. The molecule has 0 saturated heterocycles. The third-order valence-electron chi connectivity index (χ3n) is 6.99. The van der Waals surface area contributed by atoms with Gasteiger partial charge in [0.05, 0.1) is 21.4 Å². The molecule has 0 radical (unpaired) electrons. The number of imidazole rings is 1. The minimum atomic E-state index is -3.25. The molecule has 7 heteroatoms. The first-order chi connectivity index (χ1) is 15.3. The van der Waals surface area contributed by atoms with E-state index in [0.29, 0.717) is 16.7 Å². The number of aromatic nitrogens is 3. The van der Waals surface area contributed by atoms with Crippen molar-refractivity contribution in [3.63, 3.8) is 0 Å². The van der Waals surface area contributed by atoms with E-state index < -0.39 is 9.84 Å². The maximum atomic E-state index is 13.8. The SMILES string of the molecule is CC(c1nc2ccc(S(C)(=O)=O)cc2[nH]1)C1CCC(c2ccnc3ccc(F)cc23)CC1. The summed E-state index contributed by atoms with van der Waals surface area (Å²) in [5, 5.41) is 0.919. The minimum Gasteiger partial charge on any atom is -0.342 e. The topological polar surface area (TPSA) is 75.7 Å². The number of aromatic amines is 1. The van der Waals surface area contributed by atoms with E-state index >= 15 is 0 Å². The monoisotopic (exact) mass is 451 g/mol. The largest absolute Gasteiger partial charge is 0.342 e. The fourth-order valence-corrected chi connectivity index (χ4v) is 5.75. The maximum Gasteiger partial charge on any atom is 0.175 e. The molecule has 1 aliphatic rings. The van der Waals surface area contributed by atoms with E-state index in [9.17, 15) is 12.8 Å². The van der Waals surface area contributed by atoms with Crippen molar-refractivity contribution in [2.75, 3.05) is 6.26 Å². The smallest absolute Gasteiger partial charge is 0.175 e. The number of H-pyrrole nitrogens is 1. The van der Waals surface area contributed by atoms with Gasteiger partial charge in [0.2, 0.25) is 0 Å². The molecule has 1 saturated carbocycles. The highest BCUT2D eigenvalue weighted by Gasteiger charge is 2.29. The molecule has 4 aromatic rings. The number of nitrogens with one attached hydrogen (secondary N) is 1. The van der Waals surface area contributed by atoms with Crippen molar-refractivity contribution in [3.05, 3.63) is 65.9 Å². The molecule has 1 atom stereocenters. The molecular weight excluding hydrogens is 425 g/mol. The average molecular weight is 452 g/mol. The molecule has 1 fully saturated rings. The van der Waals surface area contributed by atoms with Crippen molar-refractivity contribution in [2.24, 2.45) is 5.92 Å². The van der Waals surface area contributed by atoms with E-state index in [1.807, 2.05) is 12.3 Å². The number of rotatable bonds is 4. The van der Waals surface area contributed by atoms with Crippen LogP contribution in [0.5, 0.6) is 0 Å². The second-order valence-corrected chi connectivity index (χ2v) is 11.1. The fraction of sp³-hybridized carbons (Fsp3) is 0.360. The van der Waals surface area contributed by atoms with E-state index in [1.165, 1.54) is 17.9 Å². The lowest BCUT2D eigenvalue weighted by atomic mass is 9.73. The Labute approximate surface area is 187 Å². The number of pyridine rings is 1. The summed E-state index contributed by atoms with van der Waals surface area (Å²) >= 11 is 0. The first-order valence-corrected chi connectivity index (χ1v) is 12.9. The summed E-state index contributed by atoms with van der Waals surface area (Å²) in [7, 11) is -3.25. The Kier molecular flexibility index (Phi) is 5.24. The zero-order valence-electron chi connectivity index (χ0n) is 18.2. The first-order valence-electron chi connectivity index (χ1n) is 11.0. The van der Waals surface area contributed by atoms with Crippen LogP contribution in [0.2, 0.25) is 0 Å². The van der Waals surface area contributed by atoms with Crippen LogP contribution in [0.25, 0.3) is 21.9 Å². The molecule has 0 spiro atoms. The lowest BCUT2D eigenvalue weighted by molar-refractivity contribution is 0.286. The molecule has 1 aliphatic carbocycles. The molecule has 0 aliphatic heterocycles. The third kappa shape index (κ3) is 3.90. The van der Waals surface area contributed by atoms with Crippen LogP contribution in [-0.4, -0.2) is 29.6 Å². The van der Waals surface area contributed by atoms with Crippen LogP contribution in [0.4, 0.5) is 4.39 Å². The summed E-state index contributed by atoms with van der Waals surface area (Å²) < 4.78 is 37.6. The van der Waals surface area contributed by atoms with Crippen molar-refractivity contribution < 1.29 is 12.8 Å². The van der Waals surface area contributed by atoms with Gasteiger partial charge in [-0.15, -0.1) is 0 Å². The summed E-state index contributed by atoms with van der Waals surface area (Å²) in [4.78, 5) is 12.8. The fourth-order valence-electron chi connectivity index (χ4n) is 5.10. The first kappa shape index (κ1) is 21.1. The van der Waals surface area contributed by atoms with Gasteiger partial charge in [0.25, 0.3) is 0 Å². The van der Waals surface area contributed by atoms with E-state index in [0.717, 1.165) is 53.4 Å². The minimum absolute atomic E-state index is 0.224. The number of fused-ring (bicyclic) bond motifs is 2. The van der Waals surface area contributed by atoms with Gasteiger partial charge in [-0.25, -0.2) is 17.8 Å². The third-order valence-corrected chi connectivity index (χ3v) is 8.10. The second-order valence-electron chi connectivity index (χ2n) is 9.04. The zero-order chi connectivity index (χ0) is 22.5. The van der Waals surface area contributed by atoms with Crippen LogP contribution in [0.1, 0.15) is 55.8 Å². The van der Waals surface area contributed by atoms with Gasteiger partial charge >= 0.3 is 0 Å². The predicted molar refractivity (Wildman–Crippen MR) is 124 cm³/mol. The van der Waals surface area contributed by atoms with Gasteiger partial charge in [-0.05, 0) is 85.5 Å². The summed E-state index contributed by atoms with van der Waals surface area (Å²) in [6, 6.07) is 11.9. The Morgan fingerprint density at radius 3 is 2.53 bits per heavy atom. The second kappa shape index (κ2) is 7.96. The van der Waals surface area contributed by atoms with Crippen LogP contribution in [0, 0.1) is 11.7 Å². The van der Waals surface area contributed by atoms with E-state index in [-0.39, 0.29) is 11.7 Å². The molecule has 166 valence electrons. The molecule has 1 N–H and O–H groups in total. The standard InChI is InChI=1S/C25H26FN3O2S/c1-15(25-28-23-10-8-19(32(2,30)31)14-24(23)29-25)16-3-5-17(6-4-16)20-11-12-27-22-9-7-18(26)13-21(20)22/h7-17H,3-6H2,1-2H3,(H,28,29). The summed E-state index contributed by atoms with van der Waals surface area (Å²) in [6.45, 7) is 2.19. The number of halogens is 1. The van der Waals surface area contributed by atoms with Crippen LogP contribution in [0.15, 0.2) is 53.6 Å². The van der Waals surface area contributed by atoms with E-state index in [4.69, 9.17) is 4.98 Å². The van der Waals surface area contributed by atoms with Gasteiger partial charge in [0.15, 0.2) is 9.84 Å². The average Bonchev–Trinajstić information content (AvgIpc) is 3.21. The summed E-state index contributed by atoms with van der Waals surface area (Å²) in [6.07, 6.45) is 7.26. The van der Waals surface area contributed by atoms with Gasteiger partial charge in [-0.1, -0.05) is 6.92 Å². The number of hydrogen-bond acceptors (Lipinski definition) is 4. The Hall–Kier alpha value is -2.80. The van der Waals surface area contributed by atoms with Crippen LogP contribution in [-0.2, 0) is 9.84 Å². The molecule has 2 aromatic heterocycles. The van der Waals surface area contributed by atoms with Gasteiger partial charge < -0.3 is 4.98 Å². The maximum absolute atomic E-state index is 13.8. The highest BCUT2D eigenvalue weighted by Crippen LogP contribution is 2.43. The Bertz CT molecular complexity index is 1410. The summed E-state index contributed by atoms with van der Waals surface area (Å²) in [5.41, 5.74) is 3.58. The van der Waals surface area contributed by atoms with Gasteiger partial charge in [-0.3, -0.25) is 4.98 Å². The van der Waals surface area contributed by atoms with E-state index in [2.05, 4.69) is 16.9 Å². The molecule has 5 rings (SSSR count). The van der Waals surface area contributed by atoms with Gasteiger partial charge in [-0.2, -0.15) is 0 Å². The zero-order valence-corrected chi connectivity index (χ0v) is 19.0. The number of hydrogen-bond donors (Lipinski definition) is 1. The van der Waals surface area contributed by atoms with Crippen molar-refractivity contribution in [1.82, 2.24) is 15.0 Å². The number of sulfone groups is 1. The highest BCUT2D eigenvalue weighted by atomic mass is 32.2. The quantitative estimate of drug-likeness (QED) is 0.430. The van der Waals surface area contributed by atoms with Crippen molar-refractivity contribution >= 4 is 31.8 Å². The molecule has 5 nitrogen and oxygen atoms in total. The molecular formula is C25H26FN3O2S. The Morgan fingerprint density at radius 2 is 1.78 bits per heavy atom. The van der Waals surface area contributed by atoms with Crippen LogP contribution in [0.3, 0.4) is 0 Å². The van der Waals surface area contributed by atoms with Crippen LogP contribution >= 0.6 is 0 Å². The molecule has 1 unspecified atom stereocenters. The molecule has 0 bridgehead atoms. The number of nitrogens with zero attached hydrogens (tertiary/aromatic N) is 2. The van der Waals surface area contributed by atoms with Crippen molar-refractivity contribution in [1.29, 1.82) is 0 Å². The van der Waals surface area contributed by atoms with Crippen molar-refractivity contribution in [2.45, 2.75) is 49.3 Å². The predicted octanol–water partition coefficient (Wildman–Crippen LogP) is 5.73. The van der Waals surface area contributed by atoms with E-state index in [1.54, 1.807) is 30.3 Å². The molecule has 2 heterocycles. The van der Waals surface area contributed by atoms with Gasteiger partial charge in [0, 0.05) is 23.8 Å². The Balaban J connectivity index is 1.34. The highest BCUT2D eigenvalue weighted by molar-refractivity contribution is 7.90. The van der Waals surface area contributed by atoms with Gasteiger partial charge in [0.1, 0.15) is 11.6 Å². The molecule has 2 aromatic carbocycles. The Morgan fingerprint density at radius 1 is 1.03 bits per heavy atom. The lowest BCUT2D eigenvalue weighted by Crippen LogP contribution is -2.19. The van der Waals surface area contributed by atoms with Crippen LogP contribution < -0.4 is 0 Å². The molecule has 0 amide bonds. The summed E-state index contributed by atoms with van der Waals surface area (Å²) in [5.74, 6) is 1.82.